The van der Waals surface area contributed by atoms with Gasteiger partial charge in [-0.15, -0.1) is 0 Å². The molecular formula is C14H15NO4. The molecule has 2 N–H and O–H groups in total. The summed E-state index contributed by atoms with van der Waals surface area (Å²) in [6.45, 7) is 0. The van der Waals surface area contributed by atoms with Gasteiger partial charge >= 0.3 is 0 Å². The maximum Gasteiger partial charge on any atom is 0.261 e. The second kappa shape index (κ2) is 4.43. The van der Waals surface area contributed by atoms with Crippen molar-refractivity contribution in [2.75, 3.05) is 0 Å². The van der Waals surface area contributed by atoms with Crippen LogP contribution >= 0.6 is 0 Å². The molecule has 2 amide bonds. The Kier molecular flexibility index (Phi) is 2.88. The van der Waals surface area contributed by atoms with Gasteiger partial charge in [0.05, 0.1) is 23.3 Å². The van der Waals surface area contributed by atoms with Crippen molar-refractivity contribution in [1.82, 2.24) is 4.90 Å². The summed E-state index contributed by atoms with van der Waals surface area (Å²) in [5, 5.41) is 19.7. The molecule has 3 rings (SSSR count). The van der Waals surface area contributed by atoms with Gasteiger partial charge in [0.25, 0.3) is 11.8 Å². The average Bonchev–Trinajstić information content (AvgIpc) is 2.67. The largest absolute Gasteiger partial charge is 0.390 e. The second-order valence-corrected chi connectivity index (χ2v) is 5.08. The van der Waals surface area contributed by atoms with E-state index in [0.717, 1.165) is 4.90 Å². The molecule has 1 aromatic carbocycles. The summed E-state index contributed by atoms with van der Waals surface area (Å²) in [7, 11) is 0. The lowest BCUT2D eigenvalue weighted by molar-refractivity contribution is -0.0506. The summed E-state index contributed by atoms with van der Waals surface area (Å²) in [5.74, 6) is -0.752. The predicted octanol–water partition coefficient (Wildman–Crippen LogP) is 0.557. The summed E-state index contributed by atoms with van der Waals surface area (Å²) in [5.41, 5.74) is 0.750. The number of carbonyl (C=O) groups is 2. The molecule has 0 radical (unpaired) electrons. The fourth-order valence-electron chi connectivity index (χ4n) is 2.92. The molecule has 0 saturated heterocycles. The number of fused-ring (bicyclic) bond motifs is 1. The van der Waals surface area contributed by atoms with E-state index in [0.29, 0.717) is 30.4 Å². The van der Waals surface area contributed by atoms with Crippen molar-refractivity contribution in [2.24, 2.45) is 0 Å². The van der Waals surface area contributed by atoms with E-state index in [2.05, 4.69) is 0 Å². The molecule has 5 nitrogen and oxygen atoms in total. The fourth-order valence-corrected chi connectivity index (χ4v) is 2.92. The molecule has 1 aliphatic carbocycles. The van der Waals surface area contributed by atoms with E-state index >= 15 is 0 Å². The summed E-state index contributed by atoms with van der Waals surface area (Å²) in [4.78, 5) is 25.7. The van der Waals surface area contributed by atoms with Gasteiger partial charge in [-0.05, 0) is 31.4 Å². The quantitative estimate of drug-likeness (QED) is 0.724. The van der Waals surface area contributed by atoms with Gasteiger partial charge in [0.2, 0.25) is 0 Å². The van der Waals surface area contributed by atoms with E-state index in [1.807, 2.05) is 0 Å². The van der Waals surface area contributed by atoms with Crippen LogP contribution in [0.3, 0.4) is 0 Å². The molecule has 2 aliphatic rings. The van der Waals surface area contributed by atoms with Crippen LogP contribution in [-0.2, 0) is 0 Å². The number of amides is 2. The SMILES string of the molecule is O=C1c2ccccc2C(=O)N1C1CCCC(O)C1O. The number of carbonyl (C=O) groups excluding carboxylic acids is 2. The van der Waals surface area contributed by atoms with E-state index in [9.17, 15) is 19.8 Å². The zero-order valence-electron chi connectivity index (χ0n) is 10.3. The number of hydrogen-bond donors (Lipinski definition) is 2. The monoisotopic (exact) mass is 261 g/mol. The first kappa shape index (κ1) is 12.3. The van der Waals surface area contributed by atoms with Gasteiger partial charge in [-0.25, -0.2) is 0 Å². The minimum absolute atomic E-state index is 0.375. The normalized spacial score (nSPS) is 30.6. The maximum absolute atomic E-state index is 12.3. The summed E-state index contributed by atoms with van der Waals surface area (Å²) < 4.78 is 0. The molecule has 100 valence electrons. The first-order chi connectivity index (χ1) is 9.11. The van der Waals surface area contributed by atoms with E-state index in [1.165, 1.54) is 0 Å². The van der Waals surface area contributed by atoms with Gasteiger partial charge in [-0.1, -0.05) is 12.1 Å². The van der Waals surface area contributed by atoms with Crippen molar-refractivity contribution in [1.29, 1.82) is 0 Å². The molecule has 19 heavy (non-hydrogen) atoms. The smallest absolute Gasteiger partial charge is 0.261 e. The molecule has 5 heteroatoms. The van der Waals surface area contributed by atoms with E-state index in [-0.39, 0.29) is 11.8 Å². The van der Waals surface area contributed by atoms with Crippen LogP contribution in [0.1, 0.15) is 40.0 Å². The standard InChI is InChI=1S/C14H15NO4/c16-11-7-3-6-10(12(11)17)15-13(18)8-4-1-2-5-9(8)14(15)19/h1-2,4-5,10-12,16-17H,3,6-7H2. The fraction of sp³-hybridized carbons (Fsp3) is 0.429. The molecule has 1 aliphatic heterocycles. The van der Waals surface area contributed by atoms with Crippen LogP contribution in [0.25, 0.3) is 0 Å². The van der Waals surface area contributed by atoms with Crippen molar-refractivity contribution >= 4 is 11.8 Å². The number of rotatable bonds is 1. The van der Waals surface area contributed by atoms with Crippen molar-refractivity contribution in [3.05, 3.63) is 35.4 Å². The Morgan fingerprint density at radius 2 is 1.58 bits per heavy atom. The first-order valence-electron chi connectivity index (χ1n) is 6.44. The second-order valence-electron chi connectivity index (χ2n) is 5.08. The minimum atomic E-state index is -1.06. The highest BCUT2D eigenvalue weighted by Crippen LogP contribution is 2.31. The lowest BCUT2D eigenvalue weighted by atomic mass is 9.89. The molecule has 1 heterocycles. The van der Waals surface area contributed by atoms with Crippen molar-refractivity contribution in [3.63, 3.8) is 0 Å². The maximum atomic E-state index is 12.3. The van der Waals surface area contributed by atoms with Crippen LogP contribution < -0.4 is 0 Å². The molecule has 3 atom stereocenters. The Labute approximate surface area is 110 Å². The number of imide groups is 1. The Balaban J connectivity index is 1.95. The highest BCUT2D eigenvalue weighted by atomic mass is 16.3. The molecule has 1 saturated carbocycles. The van der Waals surface area contributed by atoms with Crippen LogP contribution in [0, 0.1) is 0 Å². The zero-order valence-corrected chi connectivity index (χ0v) is 10.3. The van der Waals surface area contributed by atoms with Crippen LogP contribution in [0.5, 0.6) is 0 Å². The third kappa shape index (κ3) is 1.77. The van der Waals surface area contributed by atoms with Gasteiger partial charge in [0.15, 0.2) is 0 Å². The predicted molar refractivity (Wildman–Crippen MR) is 66.6 cm³/mol. The summed E-state index contributed by atoms with van der Waals surface area (Å²) in [6.07, 6.45) is -0.208. The Bertz CT molecular complexity index is 507. The molecule has 0 aromatic heterocycles. The average molecular weight is 261 g/mol. The van der Waals surface area contributed by atoms with Crippen LogP contribution in [0.15, 0.2) is 24.3 Å². The number of benzene rings is 1. The van der Waals surface area contributed by atoms with Gasteiger partial charge in [-0.2, -0.15) is 0 Å². The number of aliphatic hydroxyl groups excluding tert-OH is 2. The molecule has 1 aromatic rings. The molecule has 0 bridgehead atoms. The molecule has 3 unspecified atom stereocenters. The number of aliphatic hydroxyl groups is 2. The summed E-state index contributed by atoms with van der Waals surface area (Å²) in [6, 6.07) is 6.01. The molecular weight excluding hydrogens is 246 g/mol. The summed E-state index contributed by atoms with van der Waals surface area (Å²) >= 11 is 0. The Morgan fingerprint density at radius 3 is 2.16 bits per heavy atom. The Hall–Kier alpha value is -1.72. The zero-order chi connectivity index (χ0) is 13.6. The van der Waals surface area contributed by atoms with Gasteiger partial charge in [-0.3, -0.25) is 14.5 Å². The lowest BCUT2D eigenvalue weighted by Crippen LogP contribution is -2.53. The third-order valence-corrected chi connectivity index (χ3v) is 3.95. The van der Waals surface area contributed by atoms with Gasteiger partial charge in [0, 0.05) is 0 Å². The minimum Gasteiger partial charge on any atom is -0.390 e. The van der Waals surface area contributed by atoms with Crippen molar-refractivity contribution in [3.8, 4) is 0 Å². The van der Waals surface area contributed by atoms with Crippen molar-refractivity contribution < 1.29 is 19.8 Å². The van der Waals surface area contributed by atoms with Crippen molar-refractivity contribution in [2.45, 2.75) is 37.5 Å². The van der Waals surface area contributed by atoms with Gasteiger partial charge in [0.1, 0.15) is 6.10 Å². The first-order valence-corrected chi connectivity index (χ1v) is 6.44. The highest BCUT2D eigenvalue weighted by Gasteiger charge is 2.44. The van der Waals surface area contributed by atoms with Crippen LogP contribution in [-0.4, -0.2) is 45.2 Å². The van der Waals surface area contributed by atoms with Crippen LogP contribution in [0.2, 0.25) is 0 Å². The van der Waals surface area contributed by atoms with Gasteiger partial charge < -0.3 is 10.2 Å². The molecule has 0 spiro atoms. The molecule has 1 fully saturated rings. The van der Waals surface area contributed by atoms with Crippen LogP contribution in [0.4, 0.5) is 0 Å². The van der Waals surface area contributed by atoms with E-state index < -0.39 is 18.2 Å². The number of nitrogens with zero attached hydrogens (tertiary/aromatic N) is 1. The Morgan fingerprint density at radius 1 is 1.00 bits per heavy atom. The van der Waals surface area contributed by atoms with E-state index in [1.54, 1.807) is 24.3 Å². The number of hydrogen-bond acceptors (Lipinski definition) is 4. The third-order valence-electron chi connectivity index (χ3n) is 3.95. The highest BCUT2D eigenvalue weighted by molar-refractivity contribution is 6.21. The topological polar surface area (TPSA) is 77.8 Å². The van der Waals surface area contributed by atoms with E-state index in [4.69, 9.17) is 0 Å². The lowest BCUT2D eigenvalue weighted by Gasteiger charge is -2.36.